The van der Waals surface area contributed by atoms with E-state index < -0.39 is 89.6 Å². The van der Waals surface area contributed by atoms with Crippen LogP contribution in [0, 0.1) is 0 Å². The third-order valence-corrected chi connectivity index (χ3v) is 8.63. The van der Waals surface area contributed by atoms with Gasteiger partial charge >= 0.3 is 0 Å². The van der Waals surface area contributed by atoms with Crippen molar-refractivity contribution in [1.29, 1.82) is 0 Å². The fraction of sp³-hybridized carbons (Fsp3) is 0. The minimum atomic E-state index is -0.675. The second-order valence-corrected chi connectivity index (χ2v) is 11.6. The molecule has 0 aliphatic heterocycles. The van der Waals surface area contributed by atoms with E-state index in [4.69, 9.17) is 5.48 Å². The van der Waals surface area contributed by atoms with Gasteiger partial charge in [-0.3, -0.25) is 0 Å². The topological polar surface area (TPSA) is 8.17 Å². The van der Waals surface area contributed by atoms with Gasteiger partial charge in [-0.1, -0.05) is 152 Å². The van der Waals surface area contributed by atoms with Crippen molar-refractivity contribution in [2.75, 3.05) is 4.90 Å². The standard InChI is InChI=1S/C48H34N2/c1-3-13-35(14-4-1)37-23-29-40(30-24-37)49(41-31-25-38(26-32-41)36-15-5-2-6-16-36)42-33-27-39(28-34-42)43-17-7-10-20-46(43)50-47-21-11-8-18-44(47)45-19-9-12-22-48(45)50/h1-34H/i23D,24D,25D,26D,27D,28D,29D,30D,31D,32D,33D,34D. The van der Waals surface area contributed by atoms with Gasteiger partial charge in [0, 0.05) is 33.4 Å². The van der Waals surface area contributed by atoms with E-state index in [2.05, 4.69) is 0 Å². The van der Waals surface area contributed by atoms with E-state index in [1.54, 1.807) is 72.8 Å². The van der Waals surface area contributed by atoms with Crippen molar-refractivity contribution >= 4 is 38.9 Å². The number of anilines is 3. The fourth-order valence-electron chi connectivity index (χ4n) is 6.28. The summed E-state index contributed by atoms with van der Waals surface area (Å²) in [6.07, 6.45) is 0. The Kier molecular flexibility index (Phi) is 4.95. The summed E-state index contributed by atoms with van der Waals surface area (Å²) in [4.78, 5) is 0.842. The molecule has 0 fully saturated rings. The maximum atomic E-state index is 9.64. The minimum absolute atomic E-state index is 0.0418. The van der Waals surface area contributed by atoms with Crippen LogP contribution in [0.25, 0.3) is 60.9 Å². The van der Waals surface area contributed by atoms with Crippen molar-refractivity contribution in [1.82, 2.24) is 4.57 Å². The molecule has 0 aliphatic rings. The van der Waals surface area contributed by atoms with Crippen molar-refractivity contribution in [3.05, 3.63) is 206 Å². The molecule has 0 N–H and O–H groups in total. The van der Waals surface area contributed by atoms with Crippen molar-refractivity contribution in [3.8, 4) is 39.1 Å². The molecule has 9 rings (SSSR count). The maximum absolute atomic E-state index is 9.64. The number of hydrogen-bond acceptors (Lipinski definition) is 1. The SMILES string of the molecule is [2H]c1c([2H])c(N(c2c([2H])c([2H])c(-c3ccccc3)c([2H])c2[2H])c2c([2H])c([2H])c(-c3ccccc3-n3c4ccccc4c4ccccc43)c([2H])c2[2H])c([2H])c([2H])c1-c1ccccc1. The van der Waals surface area contributed by atoms with Gasteiger partial charge in [0.25, 0.3) is 0 Å². The Morgan fingerprint density at radius 2 is 0.720 bits per heavy atom. The van der Waals surface area contributed by atoms with E-state index in [0.29, 0.717) is 22.4 Å². The van der Waals surface area contributed by atoms with Crippen LogP contribution in [0.2, 0.25) is 0 Å². The number of rotatable bonds is 7. The van der Waals surface area contributed by atoms with Crippen LogP contribution in [0.3, 0.4) is 0 Å². The number of hydrogen-bond donors (Lipinski definition) is 0. The molecule has 2 heteroatoms. The summed E-state index contributed by atoms with van der Waals surface area (Å²) >= 11 is 0. The highest BCUT2D eigenvalue weighted by molar-refractivity contribution is 6.09. The predicted molar refractivity (Wildman–Crippen MR) is 212 cm³/mol. The molecule has 2 nitrogen and oxygen atoms in total. The number of para-hydroxylation sites is 3. The highest BCUT2D eigenvalue weighted by Gasteiger charge is 2.17. The van der Waals surface area contributed by atoms with Gasteiger partial charge in [0.2, 0.25) is 0 Å². The zero-order chi connectivity index (χ0) is 43.7. The number of nitrogens with zero attached hydrogens (tertiary/aromatic N) is 2. The normalized spacial score (nSPS) is 14.6. The molecule has 0 radical (unpaired) electrons. The molecule has 0 unspecified atom stereocenters. The second-order valence-electron chi connectivity index (χ2n) is 11.6. The molecule has 0 atom stereocenters. The number of fused-ring (bicyclic) bond motifs is 3. The lowest BCUT2D eigenvalue weighted by Crippen LogP contribution is -2.09. The zero-order valence-electron chi connectivity index (χ0n) is 38.6. The molecule has 9 aromatic rings. The minimum Gasteiger partial charge on any atom is -0.311 e. The molecule has 0 aliphatic carbocycles. The van der Waals surface area contributed by atoms with E-state index in [0.717, 1.165) is 26.7 Å². The highest BCUT2D eigenvalue weighted by Crippen LogP contribution is 2.40. The zero-order valence-corrected chi connectivity index (χ0v) is 26.6. The lowest BCUT2D eigenvalue weighted by molar-refractivity contribution is 1.18. The highest BCUT2D eigenvalue weighted by atomic mass is 15.1. The smallest absolute Gasteiger partial charge is 0.0645 e. The second kappa shape index (κ2) is 12.8. The van der Waals surface area contributed by atoms with Gasteiger partial charge in [0.1, 0.15) is 0 Å². The average molecular weight is 651 g/mol. The first-order valence-corrected chi connectivity index (χ1v) is 16.1. The predicted octanol–water partition coefficient (Wildman–Crippen LogP) is 13.3. The Labute approximate surface area is 309 Å². The summed E-state index contributed by atoms with van der Waals surface area (Å²) in [5.74, 6) is 0. The number of benzene rings is 8. The largest absolute Gasteiger partial charge is 0.311 e. The lowest BCUT2D eigenvalue weighted by atomic mass is 10.0. The van der Waals surface area contributed by atoms with Crippen molar-refractivity contribution in [3.63, 3.8) is 0 Å². The lowest BCUT2D eigenvalue weighted by Gasteiger charge is -2.26. The summed E-state index contributed by atoms with van der Waals surface area (Å²) in [5, 5.41) is 1.94. The van der Waals surface area contributed by atoms with Crippen molar-refractivity contribution in [2.24, 2.45) is 0 Å². The molecule has 236 valence electrons. The molecule has 0 spiro atoms. The van der Waals surface area contributed by atoms with Crippen LogP contribution in [-0.4, -0.2) is 4.57 Å². The Morgan fingerprint density at radius 3 is 1.20 bits per heavy atom. The van der Waals surface area contributed by atoms with Crippen LogP contribution >= 0.6 is 0 Å². The molecule has 1 heterocycles. The quantitative estimate of drug-likeness (QED) is 0.167. The Morgan fingerprint density at radius 1 is 0.340 bits per heavy atom. The third-order valence-electron chi connectivity index (χ3n) is 8.63. The van der Waals surface area contributed by atoms with Crippen LogP contribution in [0.5, 0.6) is 0 Å². The van der Waals surface area contributed by atoms with Gasteiger partial charge in [0.15, 0.2) is 0 Å². The number of aromatic nitrogens is 1. The van der Waals surface area contributed by atoms with Gasteiger partial charge in [-0.2, -0.15) is 0 Å². The summed E-state index contributed by atoms with van der Waals surface area (Å²) in [6, 6.07) is 32.4. The van der Waals surface area contributed by atoms with E-state index in [1.165, 1.54) is 0 Å². The van der Waals surface area contributed by atoms with E-state index >= 15 is 0 Å². The Balaban J connectivity index is 1.36. The van der Waals surface area contributed by atoms with E-state index in [1.807, 2.05) is 65.2 Å². The summed E-state index contributed by atoms with van der Waals surface area (Å²) in [5.41, 5.74) is 1.51. The van der Waals surface area contributed by atoms with Crippen molar-refractivity contribution in [2.45, 2.75) is 0 Å². The maximum Gasteiger partial charge on any atom is 0.0645 e. The Bertz CT molecular complexity index is 3030. The van der Waals surface area contributed by atoms with E-state index in [9.17, 15) is 11.0 Å². The summed E-state index contributed by atoms with van der Waals surface area (Å²) < 4.78 is 115. The summed E-state index contributed by atoms with van der Waals surface area (Å²) in [7, 11) is 0. The molecule has 8 aromatic carbocycles. The molecular formula is C48H34N2. The monoisotopic (exact) mass is 650 g/mol. The molecule has 50 heavy (non-hydrogen) atoms. The third kappa shape index (κ3) is 5.34. The van der Waals surface area contributed by atoms with Gasteiger partial charge in [-0.15, -0.1) is 0 Å². The van der Waals surface area contributed by atoms with Crippen LogP contribution in [0.15, 0.2) is 206 Å². The first-order valence-electron chi connectivity index (χ1n) is 22.1. The van der Waals surface area contributed by atoms with E-state index in [-0.39, 0.29) is 16.7 Å². The van der Waals surface area contributed by atoms with Crippen LogP contribution in [-0.2, 0) is 0 Å². The first-order chi connectivity index (χ1) is 29.8. The van der Waals surface area contributed by atoms with Crippen molar-refractivity contribution < 1.29 is 16.4 Å². The summed E-state index contributed by atoms with van der Waals surface area (Å²) in [6.45, 7) is 0. The Hall–Kier alpha value is -6.64. The molecular weight excluding hydrogens is 605 g/mol. The average Bonchev–Trinajstić information content (AvgIpc) is 3.62. The molecule has 0 bridgehead atoms. The molecule has 1 aromatic heterocycles. The van der Waals surface area contributed by atoms with Crippen LogP contribution < -0.4 is 4.90 Å². The van der Waals surface area contributed by atoms with Gasteiger partial charge in [-0.25, -0.2) is 0 Å². The van der Waals surface area contributed by atoms with Crippen LogP contribution in [0.1, 0.15) is 16.4 Å². The van der Waals surface area contributed by atoms with Gasteiger partial charge in [0.05, 0.1) is 33.2 Å². The van der Waals surface area contributed by atoms with Gasteiger partial charge < -0.3 is 9.47 Å². The van der Waals surface area contributed by atoms with Crippen LogP contribution in [0.4, 0.5) is 17.1 Å². The van der Waals surface area contributed by atoms with Gasteiger partial charge in [-0.05, 0) is 82.3 Å². The molecule has 0 amide bonds. The first kappa shape index (κ1) is 19.4. The fourth-order valence-corrected chi connectivity index (χ4v) is 6.28. The molecule has 0 saturated heterocycles. The molecule has 0 saturated carbocycles.